The molecule has 74 valence electrons. The highest BCUT2D eigenvalue weighted by Crippen LogP contribution is 2.17. The van der Waals surface area contributed by atoms with Crippen LogP contribution in [0.15, 0.2) is 16.8 Å². The first-order chi connectivity index (χ1) is 6.86. The van der Waals surface area contributed by atoms with Gasteiger partial charge in [-0.05, 0) is 28.8 Å². The Kier molecular flexibility index (Phi) is 3.34. The van der Waals surface area contributed by atoms with Crippen LogP contribution in [0.25, 0.3) is 0 Å². The van der Waals surface area contributed by atoms with E-state index in [0.29, 0.717) is 11.0 Å². The Balaban J connectivity index is 1.81. The second-order valence-electron chi connectivity index (χ2n) is 2.71. The van der Waals surface area contributed by atoms with Crippen molar-refractivity contribution in [2.45, 2.75) is 6.42 Å². The van der Waals surface area contributed by atoms with Crippen molar-refractivity contribution in [1.82, 2.24) is 8.75 Å². The maximum atomic E-state index is 5.78. The van der Waals surface area contributed by atoms with E-state index in [1.54, 1.807) is 11.3 Å². The van der Waals surface area contributed by atoms with E-state index in [9.17, 15) is 0 Å². The Morgan fingerprint density at radius 1 is 1.43 bits per heavy atom. The Labute approximate surface area is 95.1 Å². The SMILES string of the molecule is Clc1nsnc1NCCc1ccsc1. The molecule has 0 aliphatic heterocycles. The molecule has 0 spiro atoms. The summed E-state index contributed by atoms with van der Waals surface area (Å²) >= 11 is 8.61. The molecule has 0 aliphatic rings. The highest BCUT2D eigenvalue weighted by atomic mass is 35.5. The molecule has 2 heterocycles. The lowest BCUT2D eigenvalue weighted by molar-refractivity contribution is 1.02. The van der Waals surface area contributed by atoms with Crippen LogP contribution < -0.4 is 5.32 Å². The lowest BCUT2D eigenvalue weighted by atomic mass is 10.2. The van der Waals surface area contributed by atoms with Crippen LogP contribution in [-0.2, 0) is 6.42 Å². The van der Waals surface area contributed by atoms with Crippen molar-refractivity contribution in [3.63, 3.8) is 0 Å². The first-order valence-electron chi connectivity index (χ1n) is 4.09. The first-order valence-corrected chi connectivity index (χ1v) is 6.14. The van der Waals surface area contributed by atoms with E-state index in [0.717, 1.165) is 24.7 Å². The van der Waals surface area contributed by atoms with E-state index < -0.39 is 0 Å². The summed E-state index contributed by atoms with van der Waals surface area (Å²) in [6.07, 6.45) is 0.983. The maximum absolute atomic E-state index is 5.78. The molecular formula is C8H8ClN3S2. The Morgan fingerprint density at radius 2 is 2.36 bits per heavy atom. The van der Waals surface area contributed by atoms with Gasteiger partial charge in [0.2, 0.25) is 0 Å². The number of nitrogens with one attached hydrogen (secondary N) is 1. The van der Waals surface area contributed by atoms with Gasteiger partial charge < -0.3 is 5.32 Å². The third-order valence-electron chi connectivity index (χ3n) is 1.73. The molecule has 0 radical (unpaired) electrons. The largest absolute Gasteiger partial charge is 0.366 e. The quantitative estimate of drug-likeness (QED) is 0.900. The van der Waals surface area contributed by atoms with Gasteiger partial charge in [-0.3, -0.25) is 0 Å². The normalized spacial score (nSPS) is 10.4. The van der Waals surface area contributed by atoms with Crippen LogP contribution >= 0.6 is 34.7 Å². The molecule has 0 unspecified atom stereocenters. The van der Waals surface area contributed by atoms with E-state index in [-0.39, 0.29) is 0 Å². The van der Waals surface area contributed by atoms with Gasteiger partial charge in [-0.1, -0.05) is 11.6 Å². The minimum atomic E-state index is 0.459. The monoisotopic (exact) mass is 245 g/mol. The zero-order valence-electron chi connectivity index (χ0n) is 7.24. The molecular weight excluding hydrogens is 238 g/mol. The van der Waals surface area contributed by atoms with E-state index in [2.05, 4.69) is 30.9 Å². The number of hydrogen-bond acceptors (Lipinski definition) is 5. The molecule has 3 nitrogen and oxygen atoms in total. The highest BCUT2D eigenvalue weighted by Gasteiger charge is 2.03. The molecule has 0 atom stereocenters. The number of thiophene rings is 1. The van der Waals surface area contributed by atoms with Crippen molar-refractivity contribution in [3.8, 4) is 0 Å². The molecule has 6 heteroatoms. The molecule has 0 fully saturated rings. The minimum absolute atomic E-state index is 0.459. The van der Waals surface area contributed by atoms with Gasteiger partial charge in [-0.25, -0.2) is 0 Å². The number of rotatable bonds is 4. The van der Waals surface area contributed by atoms with Gasteiger partial charge in [0.05, 0.1) is 11.7 Å². The molecule has 1 N–H and O–H groups in total. The molecule has 0 aromatic carbocycles. The summed E-state index contributed by atoms with van der Waals surface area (Å²) in [5.41, 5.74) is 1.34. The van der Waals surface area contributed by atoms with Crippen LogP contribution in [0.2, 0.25) is 5.15 Å². The van der Waals surface area contributed by atoms with E-state index in [4.69, 9.17) is 11.6 Å². The predicted molar refractivity (Wildman–Crippen MR) is 61.4 cm³/mol. The zero-order chi connectivity index (χ0) is 9.80. The Bertz CT molecular complexity index is 385. The molecule has 2 aromatic rings. The van der Waals surface area contributed by atoms with Crippen molar-refractivity contribution in [1.29, 1.82) is 0 Å². The minimum Gasteiger partial charge on any atom is -0.366 e. The van der Waals surface area contributed by atoms with E-state index >= 15 is 0 Å². The van der Waals surface area contributed by atoms with Crippen molar-refractivity contribution in [3.05, 3.63) is 27.5 Å². The van der Waals surface area contributed by atoms with E-state index in [1.165, 1.54) is 5.56 Å². The van der Waals surface area contributed by atoms with Crippen LogP contribution in [-0.4, -0.2) is 15.3 Å². The van der Waals surface area contributed by atoms with Gasteiger partial charge >= 0.3 is 0 Å². The average molecular weight is 246 g/mol. The van der Waals surface area contributed by atoms with Crippen LogP contribution in [0.1, 0.15) is 5.56 Å². The van der Waals surface area contributed by atoms with Crippen LogP contribution in [0.5, 0.6) is 0 Å². The fourth-order valence-electron chi connectivity index (χ4n) is 1.04. The Hall–Kier alpha value is -0.650. The zero-order valence-corrected chi connectivity index (χ0v) is 9.62. The summed E-state index contributed by atoms with van der Waals surface area (Å²) in [5.74, 6) is 0.687. The van der Waals surface area contributed by atoms with Crippen LogP contribution in [0.3, 0.4) is 0 Å². The summed E-state index contributed by atoms with van der Waals surface area (Å²) in [5, 5.41) is 7.82. The fraction of sp³-hybridized carbons (Fsp3) is 0.250. The van der Waals surface area contributed by atoms with Crippen molar-refractivity contribution >= 4 is 40.5 Å². The summed E-state index contributed by atoms with van der Waals surface area (Å²) in [7, 11) is 0. The van der Waals surface area contributed by atoms with Gasteiger partial charge in [-0.2, -0.15) is 20.1 Å². The van der Waals surface area contributed by atoms with Gasteiger partial charge in [0.15, 0.2) is 11.0 Å². The number of anilines is 1. The molecule has 0 aliphatic carbocycles. The topological polar surface area (TPSA) is 37.8 Å². The van der Waals surface area contributed by atoms with Crippen LogP contribution in [0, 0.1) is 0 Å². The van der Waals surface area contributed by atoms with Crippen molar-refractivity contribution in [2.75, 3.05) is 11.9 Å². The summed E-state index contributed by atoms with van der Waals surface area (Å²) < 4.78 is 7.89. The molecule has 0 bridgehead atoms. The molecule has 0 amide bonds. The average Bonchev–Trinajstić information content (AvgIpc) is 2.78. The van der Waals surface area contributed by atoms with Crippen molar-refractivity contribution < 1.29 is 0 Å². The Morgan fingerprint density at radius 3 is 3.00 bits per heavy atom. The third kappa shape index (κ3) is 2.43. The number of halogens is 1. The molecule has 14 heavy (non-hydrogen) atoms. The highest BCUT2D eigenvalue weighted by molar-refractivity contribution is 7.07. The smallest absolute Gasteiger partial charge is 0.186 e. The standard InChI is InChI=1S/C8H8ClN3S2/c9-7-8(12-14-11-7)10-3-1-6-2-4-13-5-6/h2,4-5H,1,3H2,(H,10,12). The number of aromatic nitrogens is 2. The summed E-state index contributed by atoms with van der Waals surface area (Å²) in [6, 6.07) is 2.12. The molecule has 0 saturated carbocycles. The predicted octanol–water partition coefficient (Wildman–Crippen LogP) is 2.91. The van der Waals surface area contributed by atoms with Gasteiger partial charge in [0, 0.05) is 6.54 Å². The van der Waals surface area contributed by atoms with Gasteiger partial charge in [0.25, 0.3) is 0 Å². The van der Waals surface area contributed by atoms with Gasteiger partial charge in [-0.15, -0.1) is 0 Å². The lowest BCUT2D eigenvalue weighted by Crippen LogP contribution is -2.04. The number of hydrogen-bond donors (Lipinski definition) is 1. The van der Waals surface area contributed by atoms with Crippen molar-refractivity contribution in [2.24, 2.45) is 0 Å². The molecule has 2 rings (SSSR count). The first kappa shape index (κ1) is 9.89. The molecule has 0 saturated heterocycles. The van der Waals surface area contributed by atoms with Gasteiger partial charge in [0.1, 0.15) is 0 Å². The number of nitrogens with zero attached hydrogens (tertiary/aromatic N) is 2. The maximum Gasteiger partial charge on any atom is 0.186 e. The molecule has 2 aromatic heterocycles. The second-order valence-corrected chi connectivity index (χ2v) is 4.38. The van der Waals surface area contributed by atoms with Crippen LogP contribution in [0.4, 0.5) is 5.82 Å². The lowest BCUT2D eigenvalue weighted by Gasteiger charge is -2.00. The van der Waals surface area contributed by atoms with E-state index in [1.807, 2.05) is 0 Å². The fourth-order valence-corrected chi connectivity index (χ4v) is 2.43. The second kappa shape index (κ2) is 4.72. The summed E-state index contributed by atoms with van der Waals surface area (Å²) in [6.45, 7) is 0.835. The summed E-state index contributed by atoms with van der Waals surface area (Å²) in [4.78, 5) is 0. The third-order valence-corrected chi connectivity index (χ3v) is 3.36.